The number of hydrogen-bond donors (Lipinski definition) is 1. The largest absolute Gasteiger partial charge is 0.386 e. The molecular formula is C25H26N4S4. The van der Waals surface area contributed by atoms with Crippen LogP contribution < -0.4 is 10.2 Å². The van der Waals surface area contributed by atoms with Crippen molar-refractivity contribution in [2.24, 2.45) is 11.8 Å². The number of anilines is 2. The van der Waals surface area contributed by atoms with Crippen molar-refractivity contribution in [3.63, 3.8) is 0 Å². The zero-order valence-corrected chi connectivity index (χ0v) is 22.0. The third-order valence-corrected chi connectivity index (χ3v) is 10.1. The van der Waals surface area contributed by atoms with Gasteiger partial charge >= 0.3 is 0 Å². The smallest absolute Gasteiger partial charge is 0.128 e. The molecule has 0 amide bonds. The van der Waals surface area contributed by atoms with E-state index < -0.39 is 0 Å². The molecule has 8 heteroatoms. The van der Waals surface area contributed by atoms with Crippen molar-refractivity contribution in [2.75, 3.05) is 23.8 Å². The standard InChI is InChI=1S/C25H26N4S4/c1-3-14-20-15-6-4-5-11-28(24-18(26-2)9-12-32-24)22(30)16(15)7-8-17(20)23(31)29-21(14)27-19-10-13-33-25(19)29/h7-10,12-15,20,26H,3-6,11H2,1-2H3. The summed E-state index contributed by atoms with van der Waals surface area (Å²) in [5.74, 6) is 2.22. The third-order valence-electron chi connectivity index (χ3n) is 7.38. The summed E-state index contributed by atoms with van der Waals surface area (Å²) in [6.45, 7) is 3.26. The number of allylic oxidation sites excluding steroid dienone is 3. The summed E-state index contributed by atoms with van der Waals surface area (Å²) in [7, 11) is 1.98. The van der Waals surface area contributed by atoms with E-state index in [2.05, 4.69) is 56.8 Å². The van der Waals surface area contributed by atoms with E-state index in [0.717, 1.165) is 52.8 Å². The van der Waals surface area contributed by atoms with E-state index in [4.69, 9.17) is 29.4 Å². The van der Waals surface area contributed by atoms with Gasteiger partial charge < -0.3 is 10.2 Å². The van der Waals surface area contributed by atoms with Gasteiger partial charge in [-0.05, 0) is 59.2 Å². The van der Waals surface area contributed by atoms with Crippen molar-refractivity contribution >= 4 is 78.1 Å². The molecule has 1 N–H and O–H groups in total. The van der Waals surface area contributed by atoms with Gasteiger partial charge in [0.25, 0.3) is 0 Å². The Morgan fingerprint density at radius 1 is 1.09 bits per heavy atom. The lowest BCUT2D eigenvalue weighted by Crippen LogP contribution is -2.43. The van der Waals surface area contributed by atoms with Crippen LogP contribution in [0.2, 0.25) is 0 Å². The van der Waals surface area contributed by atoms with E-state index in [1.165, 1.54) is 27.4 Å². The number of thiophene rings is 2. The number of nitrogens with zero attached hydrogens (tertiary/aromatic N) is 3. The highest BCUT2D eigenvalue weighted by Gasteiger charge is 2.45. The first-order valence-corrected chi connectivity index (χ1v) is 14.2. The van der Waals surface area contributed by atoms with Crippen LogP contribution in [0.15, 0.2) is 46.2 Å². The van der Waals surface area contributed by atoms with Crippen LogP contribution in [0.25, 0.3) is 10.3 Å². The van der Waals surface area contributed by atoms with Crippen LogP contribution in [0.1, 0.15) is 44.3 Å². The molecular weight excluding hydrogens is 485 g/mol. The summed E-state index contributed by atoms with van der Waals surface area (Å²) in [6.07, 6.45) is 9.07. The van der Waals surface area contributed by atoms with Crippen molar-refractivity contribution < 1.29 is 0 Å². The van der Waals surface area contributed by atoms with E-state index in [1.54, 1.807) is 22.7 Å². The maximum Gasteiger partial charge on any atom is 0.128 e. The summed E-state index contributed by atoms with van der Waals surface area (Å²) in [5.41, 5.74) is 4.82. The van der Waals surface area contributed by atoms with E-state index in [1.807, 2.05) is 7.05 Å². The van der Waals surface area contributed by atoms with Crippen LogP contribution >= 0.6 is 47.1 Å². The average Bonchev–Trinajstić information content (AvgIpc) is 3.53. The second-order valence-corrected chi connectivity index (χ2v) is 11.5. The van der Waals surface area contributed by atoms with Crippen LogP contribution in [0.5, 0.6) is 0 Å². The average molecular weight is 511 g/mol. The molecule has 0 spiro atoms. The lowest BCUT2D eigenvalue weighted by molar-refractivity contribution is 0.322. The molecule has 3 aromatic rings. The van der Waals surface area contributed by atoms with Crippen LogP contribution in [0.3, 0.4) is 0 Å². The molecule has 1 saturated heterocycles. The Bertz CT molecular complexity index is 1320. The lowest BCUT2D eigenvalue weighted by atomic mass is 9.66. The highest BCUT2D eigenvalue weighted by molar-refractivity contribution is 7.81. The van der Waals surface area contributed by atoms with Crippen LogP contribution in [-0.2, 0) is 0 Å². The SMILES string of the molecule is CCC1c2nc3ccsc3n2C(=S)C2=CC=C3C(=S)N(c4sccc4NC)CCCCC3C21. The number of imidazole rings is 1. The molecule has 3 aliphatic rings. The van der Waals surface area contributed by atoms with Gasteiger partial charge in [-0.2, -0.15) is 0 Å². The Hall–Kier alpha value is -1.87. The van der Waals surface area contributed by atoms with Gasteiger partial charge in [-0.15, -0.1) is 22.7 Å². The zero-order valence-electron chi connectivity index (χ0n) is 18.7. The van der Waals surface area contributed by atoms with Gasteiger partial charge in [-0.3, -0.25) is 4.57 Å². The van der Waals surface area contributed by atoms with Gasteiger partial charge in [0, 0.05) is 25.4 Å². The number of fused-ring (bicyclic) bond motifs is 6. The molecule has 0 radical (unpaired) electrons. The normalized spacial score (nSPS) is 25.0. The first-order chi connectivity index (χ1) is 16.1. The summed E-state index contributed by atoms with van der Waals surface area (Å²) in [6, 6.07) is 4.26. The maximum atomic E-state index is 6.20. The second kappa shape index (κ2) is 8.41. The maximum absolute atomic E-state index is 6.20. The molecule has 6 rings (SSSR count). The topological polar surface area (TPSA) is 33.1 Å². The zero-order chi connectivity index (χ0) is 22.7. The fourth-order valence-corrected chi connectivity index (χ4v) is 8.58. The second-order valence-electron chi connectivity index (χ2n) is 8.95. The molecule has 5 heterocycles. The summed E-state index contributed by atoms with van der Waals surface area (Å²) in [5, 5.41) is 8.82. The minimum absolute atomic E-state index is 0.344. The highest BCUT2D eigenvalue weighted by atomic mass is 32.1. The fraction of sp³-hybridized carbons (Fsp3) is 0.400. The van der Waals surface area contributed by atoms with Gasteiger partial charge in [0.2, 0.25) is 0 Å². The molecule has 170 valence electrons. The number of rotatable bonds is 3. The van der Waals surface area contributed by atoms with Crippen LogP contribution in [0, 0.1) is 11.8 Å². The third kappa shape index (κ3) is 3.21. The van der Waals surface area contributed by atoms with Gasteiger partial charge in [0.1, 0.15) is 31.1 Å². The van der Waals surface area contributed by atoms with Crippen molar-refractivity contribution in [1.29, 1.82) is 0 Å². The Kier molecular flexibility index (Phi) is 5.52. The molecule has 3 aromatic heterocycles. The Morgan fingerprint density at radius 2 is 1.91 bits per heavy atom. The van der Waals surface area contributed by atoms with Crippen molar-refractivity contribution in [3.05, 3.63) is 52.0 Å². The predicted octanol–water partition coefficient (Wildman–Crippen LogP) is 7.00. The number of aromatic nitrogens is 2. The minimum atomic E-state index is 0.344. The predicted molar refractivity (Wildman–Crippen MR) is 149 cm³/mol. The number of thiocarbonyl (C=S) groups is 2. The van der Waals surface area contributed by atoms with E-state index >= 15 is 0 Å². The molecule has 3 atom stereocenters. The summed E-state index contributed by atoms with van der Waals surface area (Å²) in [4.78, 5) is 10.5. The van der Waals surface area contributed by atoms with Crippen molar-refractivity contribution in [1.82, 2.24) is 9.55 Å². The van der Waals surface area contributed by atoms with Gasteiger partial charge in [-0.1, -0.05) is 49.9 Å². The number of hydrogen-bond acceptors (Lipinski definition) is 6. The van der Waals surface area contributed by atoms with Crippen LogP contribution in [0.4, 0.5) is 10.7 Å². The van der Waals surface area contributed by atoms with Gasteiger partial charge in [0.05, 0.1) is 5.69 Å². The monoisotopic (exact) mass is 510 g/mol. The Balaban J connectivity index is 1.46. The Labute approximate surface area is 213 Å². The molecule has 0 saturated carbocycles. The molecule has 4 nitrogen and oxygen atoms in total. The number of nitrogens with one attached hydrogen (secondary N) is 1. The summed E-state index contributed by atoms with van der Waals surface area (Å²) >= 11 is 15.8. The fourth-order valence-electron chi connectivity index (χ4n) is 5.88. The van der Waals surface area contributed by atoms with Crippen LogP contribution in [-0.4, -0.2) is 33.1 Å². The molecule has 3 unspecified atom stereocenters. The first-order valence-electron chi connectivity index (χ1n) is 11.6. The lowest BCUT2D eigenvalue weighted by Gasteiger charge is -2.44. The molecule has 2 aliphatic heterocycles. The van der Waals surface area contributed by atoms with Crippen molar-refractivity contribution in [2.45, 2.75) is 38.5 Å². The molecule has 1 aliphatic carbocycles. The quantitative estimate of drug-likeness (QED) is 0.384. The molecule has 1 fully saturated rings. The molecule has 33 heavy (non-hydrogen) atoms. The first kappa shape index (κ1) is 21.6. The minimum Gasteiger partial charge on any atom is -0.386 e. The summed E-state index contributed by atoms with van der Waals surface area (Å²) < 4.78 is 2.25. The molecule has 0 bridgehead atoms. The molecule has 0 aromatic carbocycles. The van der Waals surface area contributed by atoms with E-state index in [9.17, 15) is 0 Å². The van der Waals surface area contributed by atoms with E-state index in [-0.39, 0.29) is 0 Å². The Morgan fingerprint density at radius 3 is 2.73 bits per heavy atom. The van der Waals surface area contributed by atoms with E-state index in [0.29, 0.717) is 17.8 Å². The van der Waals surface area contributed by atoms with Crippen molar-refractivity contribution in [3.8, 4) is 0 Å². The highest BCUT2D eigenvalue weighted by Crippen LogP contribution is 2.51. The van der Waals surface area contributed by atoms with Gasteiger partial charge in [0.15, 0.2) is 0 Å². The van der Waals surface area contributed by atoms with Gasteiger partial charge in [-0.25, -0.2) is 4.98 Å².